The van der Waals surface area contributed by atoms with E-state index in [-0.39, 0.29) is 60.8 Å². The summed E-state index contributed by atoms with van der Waals surface area (Å²) in [5.41, 5.74) is 6.28. The molecule has 0 aliphatic carbocycles. The molecule has 5 heterocycles. The highest BCUT2D eigenvalue weighted by molar-refractivity contribution is 8.00. The summed E-state index contributed by atoms with van der Waals surface area (Å²) in [6.07, 6.45) is -2.57. The lowest BCUT2D eigenvalue weighted by atomic mass is 10.0. The Morgan fingerprint density at radius 2 is 1.90 bits per heavy atom. The number of nitrogens with zero attached hydrogens (tertiary/aromatic N) is 7. The molecule has 1 aromatic carbocycles. The summed E-state index contributed by atoms with van der Waals surface area (Å²) >= 11 is 2.06. The Kier molecular flexibility index (Phi) is 13.3. The number of imidazole rings is 1. The first kappa shape index (κ1) is 43.8. The van der Waals surface area contributed by atoms with Gasteiger partial charge < -0.3 is 34.7 Å². The molecule has 0 saturated carbocycles. The molecule has 4 N–H and O–H groups in total. The van der Waals surface area contributed by atoms with Crippen LogP contribution in [0.2, 0.25) is 0 Å². The highest BCUT2D eigenvalue weighted by Crippen LogP contribution is 2.41. The van der Waals surface area contributed by atoms with Gasteiger partial charge in [-0.3, -0.25) is 19.8 Å². The van der Waals surface area contributed by atoms with E-state index in [4.69, 9.17) is 24.8 Å². The average Bonchev–Trinajstić information content (AvgIpc) is 3.84. The number of aryl methyl sites for hydroxylation is 1. The fraction of sp³-hybridized carbons (Fsp3) is 0.432. The maximum atomic E-state index is 14.0. The van der Waals surface area contributed by atoms with Crippen molar-refractivity contribution in [3.8, 4) is 5.75 Å². The molecular formula is C37H42F3N10O8S2+. The number of thioether (sulfide) groups is 1. The lowest BCUT2D eigenvalue weighted by molar-refractivity contribution is -0.664. The number of halogens is 3. The zero-order valence-electron chi connectivity index (χ0n) is 33.0. The Morgan fingerprint density at radius 3 is 2.58 bits per heavy atom. The van der Waals surface area contributed by atoms with Gasteiger partial charge in [-0.1, -0.05) is 17.3 Å². The molecule has 23 heteroatoms. The smallest absolute Gasteiger partial charge is 0.414 e. The SMILES string of the molecule is CCO/N=C(\C(=O)NC1C(=O)N2C(C(=O)OCc3ccc(OC)cc3)=C(C[n+]3cccc4c3ncn4CCC(N)C(F)(F)F)CSC12)c1nsc(NC(=O)OC(C)(C)C)n1. The lowest BCUT2D eigenvalue weighted by Crippen LogP contribution is -2.71. The van der Waals surface area contributed by atoms with Gasteiger partial charge in [0, 0.05) is 29.4 Å². The van der Waals surface area contributed by atoms with Gasteiger partial charge in [-0.2, -0.15) is 22.5 Å². The van der Waals surface area contributed by atoms with Crippen LogP contribution in [0, 0.1) is 0 Å². The highest BCUT2D eigenvalue weighted by Gasteiger charge is 2.55. The van der Waals surface area contributed by atoms with E-state index in [0.29, 0.717) is 28.0 Å². The van der Waals surface area contributed by atoms with Gasteiger partial charge >= 0.3 is 23.9 Å². The third-order valence-corrected chi connectivity index (χ3v) is 10.9. The van der Waals surface area contributed by atoms with Crippen LogP contribution in [0.3, 0.4) is 0 Å². The first-order valence-electron chi connectivity index (χ1n) is 18.4. The monoisotopic (exact) mass is 875 g/mol. The Balaban J connectivity index is 1.24. The molecule has 0 radical (unpaired) electrons. The molecule has 4 aromatic rings. The van der Waals surface area contributed by atoms with Crippen LogP contribution in [-0.4, -0.2) is 102 Å². The average molecular weight is 876 g/mol. The summed E-state index contributed by atoms with van der Waals surface area (Å²) in [5, 5.41) is 8.28. The molecule has 3 amide bonds. The molecule has 0 bridgehead atoms. The third kappa shape index (κ3) is 10.1. The van der Waals surface area contributed by atoms with Crippen LogP contribution in [0.25, 0.3) is 11.2 Å². The molecule has 2 aliphatic heterocycles. The molecule has 3 atom stereocenters. The second kappa shape index (κ2) is 18.2. The summed E-state index contributed by atoms with van der Waals surface area (Å²) in [6.45, 7) is 6.70. The fourth-order valence-electron chi connectivity index (χ4n) is 6.05. The number of alkyl halides is 3. The molecule has 0 spiro atoms. The fourth-order valence-corrected chi connectivity index (χ4v) is 7.94. The predicted octanol–water partition coefficient (Wildman–Crippen LogP) is 3.65. The Hall–Kier alpha value is -5.81. The Labute approximate surface area is 349 Å². The maximum absolute atomic E-state index is 14.0. The number of fused-ring (bicyclic) bond motifs is 2. The summed E-state index contributed by atoms with van der Waals surface area (Å²) in [4.78, 5) is 69.0. The van der Waals surface area contributed by atoms with Crippen LogP contribution in [0.5, 0.6) is 5.75 Å². The number of β-lactam (4-membered cyclic amide) rings is 1. The van der Waals surface area contributed by atoms with Gasteiger partial charge in [-0.25, -0.2) is 14.2 Å². The first-order valence-corrected chi connectivity index (χ1v) is 20.3. The number of amides is 3. The molecule has 6 rings (SSSR count). The van der Waals surface area contributed by atoms with Crippen LogP contribution in [0.15, 0.2) is 65.3 Å². The molecule has 3 aromatic heterocycles. The standard InChI is InChI=1S/C37H41F3N10O8S2/c1-6-57-46-25(28-44-34(60-47-28)45-35(54)58-36(2,3)4)30(51)43-26-31(52)50-27(33(53)56-17-20-9-11-22(55-5)12-10-20)21(18-59-32(26)50)16-48-14-7-8-23-29(48)42-19-49(23)15-13-24(41)37(38,39)40/h7-12,14,19,24,26,32H,6,13,15-18,41H2,1-5H3,(H-,43,44,45,47,51,54)/p+1/b46-25-. The number of nitrogens with two attached hydrogens (primary N) is 1. The van der Waals surface area contributed by atoms with Crippen molar-refractivity contribution in [2.24, 2.45) is 10.9 Å². The van der Waals surface area contributed by atoms with E-state index in [1.807, 2.05) is 0 Å². The van der Waals surface area contributed by atoms with E-state index in [1.165, 1.54) is 30.1 Å². The van der Waals surface area contributed by atoms with Crippen LogP contribution in [0.1, 0.15) is 45.5 Å². The normalized spacial score (nSPS) is 17.4. The first-order chi connectivity index (χ1) is 28.5. The van der Waals surface area contributed by atoms with Gasteiger partial charge in [-0.05, 0) is 68.9 Å². The number of ether oxygens (including phenoxy) is 3. The number of hydrogen-bond donors (Lipinski definition) is 3. The number of carbonyl (C=O) groups is 4. The number of carbonyl (C=O) groups excluding carboxylic acids is 4. The molecule has 1 fully saturated rings. The summed E-state index contributed by atoms with van der Waals surface area (Å²) < 4.78 is 63.0. The number of aromatic nitrogens is 5. The van der Waals surface area contributed by atoms with Gasteiger partial charge in [0.2, 0.25) is 23.0 Å². The van der Waals surface area contributed by atoms with Gasteiger partial charge in [0.05, 0.1) is 13.3 Å². The van der Waals surface area contributed by atoms with Gasteiger partial charge in [-0.15, -0.1) is 11.8 Å². The van der Waals surface area contributed by atoms with Crippen LogP contribution in [0.4, 0.5) is 23.1 Å². The summed E-state index contributed by atoms with van der Waals surface area (Å²) in [7, 11) is 1.53. The Morgan fingerprint density at radius 1 is 1.15 bits per heavy atom. The number of pyridine rings is 1. The molecule has 3 unspecified atom stereocenters. The van der Waals surface area contributed by atoms with Crippen molar-refractivity contribution >= 4 is 69.2 Å². The van der Waals surface area contributed by atoms with Crippen molar-refractivity contribution in [3.05, 3.63) is 71.6 Å². The number of nitrogens with one attached hydrogen (secondary N) is 2. The van der Waals surface area contributed by atoms with Crippen molar-refractivity contribution in [2.75, 3.05) is 24.8 Å². The maximum Gasteiger partial charge on any atom is 0.414 e. The zero-order chi connectivity index (χ0) is 43.4. The van der Waals surface area contributed by atoms with Crippen molar-refractivity contribution in [1.82, 2.24) is 29.1 Å². The van der Waals surface area contributed by atoms with Crippen molar-refractivity contribution in [2.45, 2.75) is 83.0 Å². The minimum Gasteiger partial charge on any atom is -0.497 e. The number of esters is 1. The minimum atomic E-state index is -4.54. The molecule has 2 aliphatic rings. The molecule has 60 heavy (non-hydrogen) atoms. The second-order valence-electron chi connectivity index (χ2n) is 14.4. The van der Waals surface area contributed by atoms with Crippen molar-refractivity contribution in [1.29, 1.82) is 0 Å². The quantitative estimate of drug-likeness (QED) is 0.0512. The van der Waals surface area contributed by atoms with E-state index in [0.717, 1.165) is 11.5 Å². The number of oxime groups is 1. The number of methoxy groups -OCH3 is 1. The van der Waals surface area contributed by atoms with Gasteiger partial charge in [0.1, 0.15) is 59.8 Å². The van der Waals surface area contributed by atoms with E-state index in [2.05, 4.69) is 30.1 Å². The van der Waals surface area contributed by atoms with Crippen LogP contribution < -0.4 is 25.7 Å². The molecule has 18 nitrogen and oxygen atoms in total. The number of hydrogen-bond acceptors (Lipinski definition) is 15. The third-order valence-electron chi connectivity index (χ3n) is 8.91. The van der Waals surface area contributed by atoms with Crippen LogP contribution in [-0.2, 0) is 48.4 Å². The highest BCUT2D eigenvalue weighted by atomic mass is 32.2. The zero-order valence-corrected chi connectivity index (χ0v) is 34.7. The second-order valence-corrected chi connectivity index (χ2v) is 16.2. The number of anilines is 1. The van der Waals surface area contributed by atoms with Gasteiger partial charge in [0.25, 0.3) is 11.8 Å². The minimum absolute atomic E-state index is 0.0198. The molecule has 320 valence electrons. The summed E-state index contributed by atoms with van der Waals surface area (Å²) in [6, 6.07) is 7.15. The number of benzene rings is 1. The predicted molar refractivity (Wildman–Crippen MR) is 211 cm³/mol. The van der Waals surface area contributed by atoms with Crippen molar-refractivity contribution < 1.29 is 56.0 Å². The number of rotatable bonds is 15. The molecule has 1 saturated heterocycles. The van der Waals surface area contributed by atoms with Gasteiger partial charge in [0.15, 0.2) is 0 Å². The van der Waals surface area contributed by atoms with E-state index in [1.54, 1.807) is 79.4 Å². The van der Waals surface area contributed by atoms with E-state index in [9.17, 15) is 32.3 Å². The topological polar surface area (TPSA) is 218 Å². The lowest BCUT2D eigenvalue weighted by Gasteiger charge is -2.49. The summed E-state index contributed by atoms with van der Waals surface area (Å²) in [5.74, 6) is -1.62. The van der Waals surface area contributed by atoms with E-state index < -0.39 is 53.1 Å². The van der Waals surface area contributed by atoms with E-state index >= 15 is 0 Å². The molecular weight excluding hydrogens is 834 g/mol. The Bertz CT molecular complexity index is 2310. The van der Waals surface area contributed by atoms with Crippen LogP contribution >= 0.6 is 23.3 Å². The largest absolute Gasteiger partial charge is 0.497 e. The van der Waals surface area contributed by atoms with Crippen molar-refractivity contribution in [3.63, 3.8) is 0 Å².